The molecule has 0 amide bonds. The van der Waals surface area contributed by atoms with Crippen LogP contribution in [0.2, 0.25) is 0 Å². The lowest BCUT2D eigenvalue weighted by molar-refractivity contribution is 0.143. The number of nitrogens with zero attached hydrogens (tertiary/aromatic N) is 1. The Bertz CT molecular complexity index is 314. The Hall–Kier alpha value is -1.17. The summed E-state index contributed by atoms with van der Waals surface area (Å²) >= 11 is 0. The zero-order chi connectivity index (χ0) is 10.0. The van der Waals surface area contributed by atoms with Gasteiger partial charge in [-0.15, -0.1) is 0 Å². The first-order valence-corrected chi connectivity index (χ1v) is 3.39. The summed E-state index contributed by atoms with van der Waals surface area (Å²) in [5.41, 5.74) is 3.84. The second kappa shape index (κ2) is 3.69. The minimum Gasteiger partial charge on any atom is -0.326 e. The van der Waals surface area contributed by atoms with Crippen molar-refractivity contribution in [2.45, 2.75) is 13.0 Å². The van der Waals surface area contributed by atoms with Gasteiger partial charge in [0.1, 0.15) is 0 Å². The number of alkyl halides is 2. The molecule has 0 radical (unpaired) electrons. The smallest absolute Gasteiger partial charge is 0.268 e. The van der Waals surface area contributed by atoms with Gasteiger partial charge in [0.05, 0.1) is 5.56 Å². The van der Waals surface area contributed by atoms with Gasteiger partial charge in [-0.05, 0) is 11.6 Å². The molecule has 1 rings (SSSR count). The van der Waals surface area contributed by atoms with Crippen molar-refractivity contribution in [1.82, 2.24) is 4.98 Å². The normalized spacial score (nSPS) is 10.9. The molecular weight excluding hydrogens is 188 g/mol. The van der Waals surface area contributed by atoms with Crippen molar-refractivity contribution in [3.05, 3.63) is 29.1 Å². The van der Waals surface area contributed by atoms with Crippen molar-refractivity contribution in [2.24, 2.45) is 5.73 Å². The third kappa shape index (κ3) is 1.95. The van der Waals surface area contributed by atoms with Gasteiger partial charge >= 0.3 is 0 Å². The van der Waals surface area contributed by atoms with Gasteiger partial charge in [0.2, 0.25) is 11.9 Å². The largest absolute Gasteiger partial charge is 0.326 e. The highest BCUT2D eigenvalue weighted by Crippen LogP contribution is 2.24. The molecule has 13 heavy (non-hydrogen) atoms. The van der Waals surface area contributed by atoms with Crippen LogP contribution in [0.1, 0.15) is 17.6 Å². The summed E-state index contributed by atoms with van der Waals surface area (Å²) in [6.07, 6.45) is -3.04. The zero-order valence-corrected chi connectivity index (χ0v) is 6.40. The maximum absolute atomic E-state index is 12.7. The van der Waals surface area contributed by atoms with Crippen molar-refractivity contribution >= 4 is 0 Å². The van der Waals surface area contributed by atoms with Crippen LogP contribution in [0.5, 0.6) is 0 Å². The van der Waals surface area contributed by atoms with E-state index in [1.807, 2.05) is 0 Å². The highest BCUT2D eigenvalue weighted by molar-refractivity contribution is 5.25. The predicted molar refractivity (Wildman–Crippen MR) is 37.0 cm³/mol. The van der Waals surface area contributed by atoms with Crippen molar-refractivity contribution in [1.29, 1.82) is 0 Å². The Morgan fingerprint density at radius 2 is 2.00 bits per heavy atom. The third-order valence-electron chi connectivity index (χ3n) is 1.50. The first kappa shape index (κ1) is 9.91. The van der Waals surface area contributed by atoms with Crippen LogP contribution in [0.25, 0.3) is 0 Å². The van der Waals surface area contributed by atoms with E-state index in [0.29, 0.717) is 6.07 Å². The fourth-order valence-electron chi connectivity index (χ4n) is 0.939. The highest BCUT2D eigenvalue weighted by Gasteiger charge is 2.20. The van der Waals surface area contributed by atoms with Crippen molar-refractivity contribution in [3.8, 4) is 0 Å². The Balaban J connectivity index is 3.30. The predicted octanol–water partition coefficient (Wildman–Crippen LogP) is 1.76. The average molecular weight is 194 g/mol. The number of halogens is 4. The van der Waals surface area contributed by atoms with E-state index in [0.717, 1.165) is 0 Å². The first-order chi connectivity index (χ1) is 6.06. The van der Waals surface area contributed by atoms with E-state index >= 15 is 0 Å². The lowest BCUT2D eigenvalue weighted by Gasteiger charge is -2.06. The van der Waals surface area contributed by atoms with Gasteiger partial charge in [-0.25, -0.2) is 8.78 Å². The number of aromatic nitrogens is 1. The molecule has 2 N–H and O–H groups in total. The average Bonchev–Trinajstić information content (AvgIpc) is 2.01. The van der Waals surface area contributed by atoms with Gasteiger partial charge in [-0.1, -0.05) is 0 Å². The molecule has 1 aromatic rings. The summed E-state index contributed by atoms with van der Waals surface area (Å²) in [5.74, 6) is -2.65. The molecule has 0 aromatic carbocycles. The van der Waals surface area contributed by atoms with Crippen molar-refractivity contribution in [3.63, 3.8) is 0 Å². The molecule has 0 unspecified atom stereocenters. The quantitative estimate of drug-likeness (QED) is 0.575. The fraction of sp³-hybridized carbons (Fsp3) is 0.286. The van der Waals surface area contributed by atoms with E-state index in [1.54, 1.807) is 0 Å². The SMILES string of the molecule is NCc1cc(F)nc(F)c1C(F)F. The van der Waals surface area contributed by atoms with Crippen LogP contribution in [-0.4, -0.2) is 4.98 Å². The Labute approximate surface area is 71.4 Å². The van der Waals surface area contributed by atoms with E-state index < -0.39 is 23.9 Å². The topological polar surface area (TPSA) is 38.9 Å². The standard InChI is InChI=1S/C7H6F4N2/c8-4-1-3(2-12)5(6(9)10)7(11)13-4/h1,6H,2,12H2. The summed E-state index contributed by atoms with van der Waals surface area (Å²) in [7, 11) is 0. The zero-order valence-electron chi connectivity index (χ0n) is 6.40. The number of nitrogens with two attached hydrogens (primary N) is 1. The van der Waals surface area contributed by atoms with Crippen LogP contribution in [0.4, 0.5) is 17.6 Å². The minimum absolute atomic E-state index is 0.264. The van der Waals surface area contributed by atoms with E-state index in [4.69, 9.17) is 5.73 Å². The monoisotopic (exact) mass is 194 g/mol. The van der Waals surface area contributed by atoms with Gasteiger partial charge in [0, 0.05) is 6.54 Å². The lowest BCUT2D eigenvalue weighted by atomic mass is 10.1. The van der Waals surface area contributed by atoms with Crippen LogP contribution in [0.3, 0.4) is 0 Å². The molecule has 0 bridgehead atoms. The van der Waals surface area contributed by atoms with Crippen LogP contribution >= 0.6 is 0 Å². The summed E-state index contributed by atoms with van der Waals surface area (Å²) < 4.78 is 49.4. The van der Waals surface area contributed by atoms with Gasteiger partial charge in [0.25, 0.3) is 6.43 Å². The van der Waals surface area contributed by atoms with E-state index in [1.165, 1.54) is 0 Å². The van der Waals surface area contributed by atoms with Crippen LogP contribution in [0.15, 0.2) is 6.07 Å². The van der Waals surface area contributed by atoms with E-state index in [-0.39, 0.29) is 12.1 Å². The maximum Gasteiger partial charge on any atom is 0.268 e. The molecular formula is C7H6F4N2. The molecule has 0 aliphatic heterocycles. The van der Waals surface area contributed by atoms with Crippen molar-refractivity contribution < 1.29 is 17.6 Å². The molecule has 0 saturated heterocycles. The molecule has 0 atom stereocenters. The molecule has 0 aliphatic carbocycles. The van der Waals surface area contributed by atoms with Gasteiger partial charge < -0.3 is 5.73 Å². The van der Waals surface area contributed by atoms with Crippen LogP contribution in [0, 0.1) is 11.9 Å². The Morgan fingerprint density at radius 1 is 1.38 bits per heavy atom. The lowest BCUT2D eigenvalue weighted by Crippen LogP contribution is -2.07. The molecule has 2 nitrogen and oxygen atoms in total. The van der Waals surface area contributed by atoms with Crippen LogP contribution in [-0.2, 0) is 6.54 Å². The molecule has 0 saturated carbocycles. The third-order valence-corrected chi connectivity index (χ3v) is 1.50. The molecule has 0 spiro atoms. The molecule has 72 valence electrons. The first-order valence-electron chi connectivity index (χ1n) is 3.39. The summed E-state index contributed by atoms with van der Waals surface area (Å²) in [6, 6.07) is 0.699. The van der Waals surface area contributed by atoms with Gasteiger partial charge in [-0.3, -0.25) is 0 Å². The van der Waals surface area contributed by atoms with Crippen molar-refractivity contribution in [2.75, 3.05) is 0 Å². The number of pyridine rings is 1. The summed E-state index contributed by atoms with van der Waals surface area (Å²) in [6.45, 7) is -0.351. The number of hydrogen-bond acceptors (Lipinski definition) is 2. The Kier molecular flexibility index (Phi) is 2.82. The number of rotatable bonds is 2. The summed E-state index contributed by atoms with van der Waals surface area (Å²) in [4.78, 5) is 2.63. The molecule has 6 heteroatoms. The van der Waals surface area contributed by atoms with Gasteiger partial charge in [0.15, 0.2) is 0 Å². The van der Waals surface area contributed by atoms with Gasteiger partial charge in [-0.2, -0.15) is 13.8 Å². The minimum atomic E-state index is -3.04. The maximum atomic E-state index is 12.7. The number of hydrogen-bond donors (Lipinski definition) is 1. The summed E-state index contributed by atoms with van der Waals surface area (Å²) in [5, 5.41) is 0. The fourth-order valence-corrected chi connectivity index (χ4v) is 0.939. The van der Waals surface area contributed by atoms with Crippen LogP contribution < -0.4 is 5.73 Å². The van der Waals surface area contributed by atoms with E-state index in [2.05, 4.69) is 4.98 Å². The van der Waals surface area contributed by atoms with E-state index in [9.17, 15) is 17.6 Å². The molecule has 1 heterocycles. The second-order valence-electron chi connectivity index (χ2n) is 2.31. The molecule has 1 aromatic heterocycles. The molecule has 0 aliphatic rings. The highest BCUT2D eigenvalue weighted by atomic mass is 19.3. The Morgan fingerprint density at radius 3 is 2.46 bits per heavy atom. The second-order valence-corrected chi connectivity index (χ2v) is 2.31. The molecule has 0 fully saturated rings.